The number of hydrogen-bond acceptors (Lipinski definition) is 5. The van der Waals surface area contributed by atoms with E-state index >= 15 is 0 Å². The van der Waals surface area contributed by atoms with Gasteiger partial charge in [0.15, 0.2) is 6.10 Å². The summed E-state index contributed by atoms with van der Waals surface area (Å²) in [5.41, 5.74) is 0. The van der Waals surface area contributed by atoms with Crippen molar-refractivity contribution in [3.05, 3.63) is 24.3 Å². The van der Waals surface area contributed by atoms with Crippen LogP contribution in [0.5, 0.6) is 0 Å². The van der Waals surface area contributed by atoms with Gasteiger partial charge in [-0.25, -0.2) is 0 Å². The number of rotatable bonds is 40. The zero-order chi connectivity index (χ0) is 36.4. The Morgan fingerprint density at radius 2 is 0.840 bits per heavy atom. The Bertz CT molecular complexity index is 761. The summed E-state index contributed by atoms with van der Waals surface area (Å²) >= 11 is 0. The Morgan fingerprint density at radius 3 is 1.36 bits per heavy atom. The van der Waals surface area contributed by atoms with Gasteiger partial charge in [0.05, 0.1) is 6.61 Å². The summed E-state index contributed by atoms with van der Waals surface area (Å²) in [6, 6.07) is 0. The normalized spacial score (nSPS) is 12.3. The Balaban J connectivity index is 4.05. The molecule has 0 aliphatic carbocycles. The van der Waals surface area contributed by atoms with Crippen molar-refractivity contribution in [1.82, 2.24) is 0 Å². The molecule has 0 saturated carbocycles. The molecule has 0 rings (SSSR count). The number of unbranched alkanes of at least 4 members (excludes halogenated alkanes) is 25. The first-order valence-corrected chi connectivity index (χ1v) is 21.9. The first kappa shape index (κ1) is 48.4. The lowest BCUT2D eigenvalue weighted by atomic mass is 10.1. The smallest absolute Gasteiger partial charge is 0.306 e. The topological polar surface area (TPSA) is 61.8 Å². The van der Waals surface area contributed by atoms with Gasteiger partial charge in [0.25, 0.3) is 0 Å². The molecule has 0 heterocycles. The van der Waals surface area contributed by atoms with Crippen LogP contribution in [0.3, 0.4) is 0 Å². The van der Waals surface area contributed by atoms with Crippen LogP contribution in [0, 0.1) is 0 Å². The third kappa shape index (κ3) is 39.2. The second-order valence-electron chi connectivity index (χ2n) is 14.6. The molecule has 0 aromatic heterocycles. The molecule has 0 spiro atoms. The van der Waals surface area contributed by atoms with Gasteiger partial charge in [-0.15, -0.1) is 0 Å². The number of carbonyl (C=O) groups is 2. The lowest BCUT2D eigenvalue weighted by molar-refractivity contribution is -0.163. The molecule has 0 N–H and O–H groups in total. The number of carbonyl (C=O) groups excluding carboxylic acids is 2. The number of ether oxygens (including phenoxy) is 3. The Hall–Kier alpha value is -1.62. The van der Waals surface area contributed by atoms with Crippen molar-refractivity contribution in [2.24, 2.45) is 0 Å². The standard InChI is InChI=1S/C45H84O5/c1-4-7-10-13-15-17-19-21-22-23-24-25-26-28-30-33-35-38-44(46)49-42-43(50-45(47)39-36-32-12-9-6-3)41-48-40-37-34-31-29-27-20-18-16-14-11-8-5-2/h15,17,21-22,43H,4-14,16,18-20,23-42H2,1-3H3/b17-15-,22-21-. The molecule has 0 saturated heterocycles. The third-order valence-electron chi connectivity index (χ3n) is 9.49. The van der Waals surface area contributed by atoms with Crippen LogP contribution in [-0.4, -0.2) is 37.9 Å². The van der Waals surface area contributed by atoms with Crippen molar-refractivity contribution < 1.29 is 23.8 Å². The van der Waals surface area contributed by atoms with Gasteiger partial charge in [-0.2, -0.15) is 0 Å². The second-order valence-corrected chi connectivity index (χ2v) is 14.6. The van der Waals surface area contributed by atoms with Crippen molar-refractivity contribution in [3.8, 4) is 0 Å². The van der Waals surface area contributed by atoms with E-state index in [2.05, 4.69) is 45.1 Å². The summed E-state index contributed by atoms with van der Waals surface area (Å²) in [6.07, 6.45) is 46.2. The molecule has 50 heavy (non-hydrogen) atoms. The molecule has 5 nitrogen and oxygen atoms in total. The van der Waals surface area contributed by atoms with Gasteiger partial charge in [-0.1, -0.05) is 186 Å². The number of allylic oxidation sites excluding steroid dienone is 4. The Morgan fingerprint density at radius 1 is 0.440 bits per heavy atom. The van der Waals surface area contributed by atoms with Crippen LogP contribution in [0.25, 0.3) is 0 Å². The van der Waals surface area contributed by atoms with Crippen LogP contribution in [-0.2, 0) is 23.8 Å². The predicted octanol–water partition coefficient (Wildman–Crippen LogP) is 14.1. The van der Waals surface area contributed by atoms with Crippen molar-refractivity contribution in [2.45, 2.75) is 232 Å². The highest BCUT2D eigenvalue weighted by atomic mass is 16.6. The van der Waals surface area contributed by atoms with E-state index in [4.69, 9.17) is 14.2 Å². The first-order chi connectivity index (χ1) is 24.6. The maximum absolute atomic E-state index is 12.5. The Kier molecular flexibility index (Phi) is 40.4. The largest absolute Gasteiger partial charge is 0.462 e. The van der Waals surface area contributed by atoms with Gasteiger partial charge in [0, 0.05) is 19.4 Å². The van der Waals surface area contributed by atoms with Gasteiger partial charge >= 0.3 is 11.9 Å². The highest BCUT2D eigenvalue weighted by molar-refractivity contribution is 5.70. The van der Waals surface area contributed by atoms with Gasteiger partial charge in [-0.3, -0.25) is 9.59 Å². The molecule has 0 aromatic rings. The highest BCUT2D eigenvalue weighted by Crippen LogP contribution is 2.14. The van der Waals surface area contributed by atoms with Gasteiger partial charge in [0.1, 0.15) is 6.61 Å². The maximum Gasteiger partial charge on any atom is 0.306 e. The molecule has 5 heteroatoms. The van der Waals surface area contributed by atoms with Gasteiger partial charge in [-0.05, 0) is 51.4 Å². The molecular formula is C45H84O5. The summed E-state index contributed by atoms with van der Waals surface area (Å²) in [5, 5.41) is 0. The fourth-order valence-corrected chi connectivity index (χ4v) is 6.19. The van der Waals surface area contributed by atoms with E-state index in [0.29, 0.717) is 26.1 Å². The fraction of sp³-hybridized carbons (Fsp3) is 0.867. The summed E-state index contributed by atoms with van der Waals surface area (Å²) in [4.78, 5) is 25.0. The lowest BCUT2D eigenvalue weighted by Gasteiger charge is -2.18. The van der Waals surface area contributed by atoms with E-state index in [-0.39, 0.29) is 18.5 Å². The summed E-state index contributed by atoms with van der Waals surface area (Å²) < 4.78 is 17.2. The van der Waals surface area contributed by atoms with E-state index in [9.17, 15) is 9.59 Å². The molecule has 0 bridgehead atoms. The van der Waals surface area contributed by atoms with Gasteiger partial charge in [0.2, 0.25) is 0 Å². The van der Waals surface area contributed by atoms with Crippen LogP contribution in [0.15, 0.2) is 24.3 Å². The van der Waals surface area contributed by atoms with Crippen molar-refractivity contribution in [3.63, 3.8) is 0 Å². The molecule has 0 radical (unpaired) electrons. The molecule has 0 aromatic carbocycles. The SMILES string of the molecule is CCCCC/C=C\C/C=C\CCCCCCCCCC(=O)OCC(COCCCCCCCCCCCCCC)OC(=O)CCCCCCC. The monoisotopic (exact) mass is 705 g/mol. The quantitative estimate of drug-likeness (QED) is 0.0361. The van der Waals surface area contributed by atoms with E-state index < -0.39 is 6.10 Å². The first-order valence-electron chi connectivity index (χ1n) is 21.9. The van der Waals surface area contributed by atoms with Crippen LogP contribution in [0.4, 0.5) is 0 Å². The van der Waals surface area contributed by atoms with Crippen molar-refractivity contribution in [1.29, 1.82) is 0 Å². The Labute approximate surface area is 311 Å². The summed E-state index contributed by atoms with van der Waals surface area (Å²) in [7, 11) is 0. The van der Waals surface area contributed by atoms with Crippen LogP contribution in [0.2, 0.25) is 0 Å². The van der Waals surface area contributed by atoms with E-state index in [1.165, 1.54) is 141 Å². The molecule has 0 amide bonds. The van der Waals surface area contributed by atoms with Crippen molar-refractivity contribution >= 4 is 11.9 Å². The second kappa shape index (κ2) is 41.8. The zero-order valence-corrected chi connectivity index (χ0v) is 33.7. The average Bonchev–Trinajstić information content (AvgIpc) is 3.11. The minimum atomic E-state index is -0.527. The zero-order valence-electron chi connectivity index (χ0n) is 33.7. The van der Waals surface area contributed by atoms with Crippen LogP contribution >= 0.6 is 0 Å². The van der Waals surface area contributed by atoms with Crippen molar-refractivity contribution in [2.75, 3.05) is 19.8 Å². The highest BCUT2D eigenvalue weighted by Gasteiger charge is 2.17. The number of hydrogen-bond donors (Lipinski definition) is 0. The molecule has 294 valence electrons. The van der Waals surface area contributed by atoms with E-state index in [1.807, 2.05) is 0 Å². The fourth-order valence-electron chi connectivity index (χ4n) is 6.19. The molecule has 0 aliphatic rings. The summed E-state index contributed by atoms with van der Waals surface area (Å²) in [6.45, 7) is 7.74. The number of esters is 2. The summed E-state index contributed by atoms with van der Waals surface area (Å²) in [5.74, 6) is -0.410. The molecular weight excluding hydrogens is 620 g/mol. The molecule has 1 atom stereocenters. The van der Waals surface area contributed by atoms with Crippen LogP contribution in [0.1, 0.15) is 226 Å². The third-order valence-corrected chi connectivity index (χ3v) is 9.49. The predicted molar refractivity (Wildman–Crippen MR) is 215 cm³/mol. The minimum absolute atomic E-state index is 0.0859. The van der Waals surface area contributed by atoms with Gasteiger partial charge < -0.3 is 14.2 Å². The maximum atomic E-state index is 12.5. The minimum Gasteiger partial charge on any atom is -0.462 e. The molecule has 0 fully saturated rings. The average molecular weight is 705 g/mol. The molecule has 1 unspecified atom stereocenters. The van der Waals surface area contributed by atoms with Crippen LogP contribution < -0.4 is 0 Å². The lowest BCUT2D eigenvalue weighted by Crippen LogP contribution is -2.30. The molecule has 0 aliphatic heterocycles. The van der Waals surface area contributed by atoms with E-state index in [0.717, 1.165) is 51.4 Å². The van der Waals surface area contributed by atoms with E-state index in [1.54, 1.807) is 0 Å².